The maximum atomic E-state index is 12.8. The van der Waals surface area contributed by atoms with E-state index in [2.05, 4.69) is 43.7 Å². The first-order chi connectivity index (χ1) is 14.8. The number of hydrogen-bond donors (Lipinski definition) is 1. The zero-order valence-corrected chi connectivity index (χ0v) is 17.4. The molecule has 5 rings (SSSR count). The number of fused-ring (bicyclic) bond motifs is 1. The van der Waals surface area contributed by atoms with E-state index in [4.69, 9.17) is 4.98 Å². The quantitative estimate of drug-likeness (QED) is 0.707. The second kappa shape index (κ2) is 8.56. The number of hydrogen-bond acceptors (Lipinski definition) is 4. The second-order valence-electron chi connectivity index (χ2n) is 8.67. The molecule has 0 bridgehead atoms. The van der Waals surface area contributed by atoms with Crippen LogP contribution in [0.15, 0.2) is 47.7 Å². The summed E-state index contributed by atoms with van der Waals surface area (Å²) in [7, 11) is 0. The summed E-state index contributed by atoms with van der Waals surface area (Å²) in [6.45, 7) is 3.17. The molecule has 156 valence electrons. The number of rotatable bonds is 5. The van der Waals surface area contributed by atoms with E-state index in [9.17, 15) is 4.79 Å². The first kappa shape index (κ1) is 19.2. The Kier molecular flexibility index (Phi) is 5.49. The molecular formula is C24H29N5O. The van der Waals surface area contributed by atoms with E-state index in [1.54, 1.807) is 0 Å². The van der Waals surface area contributed by atoms with Gasteiger partial charge in [0, 0.05) is 44.7 Å². The molecule has 1 aliphatic carbocycles. The van der Waals surface area contributed by atoms with Crippen LogP contribution in [0.5, 0.6) is 0 Å². The molecule has 0 radical (unpaired) electrons. The number of benzene rings is 1. The van der Waals surface area contributed by atoms with Gasteiger partial charge in [-0.25, -0.2) is 9.97 Å². The molecule has 1 N–H and O–H groups in total. The Morgan fingerprint density at radius 3 is 2.73 bits per heavy atom. The van der Waals surface area contributed by atoms with Crippen molar-refractivity contribution in [3.63, 3.8) is 0 Å². The van der Waals surface area contributed by atoms with Crippen LogP contribution in [-0.2, 0) is 26.1 Å². The summed E-state index contributed by atoms with van der Waals surface area (Å²) in [6.07, 6.45) is 10.8. The van der Waals surface area contributed by atoms with E-state index in [-0.39, 0.29) is 5.56 Å². The number of aromatic amines is 1. The molecule has 30 heavy (non-hydrogen) atoms. The Balaban J connectivity index is 1.30. The molecular weight excluding hydrogens is 374 g/mol. The van der Waals surface area contributed by atoms with Crippen molar-refractivity contribution in [3.8, 4) is 0 Å². The molecule has 1 aliphatic heterocycles. The van der Waals surface area contributed by atoms with Crippen LogP contribution in [0.3, 0.4) is 0 Å². The number of nitrogens with one attached hydrogen (secondary N) is 1. The van der Waals surface area contributed by atoms with E-state index in [1.165, 1.54) is 30.5 Å². The first-order valence-electron chi connectivity index (χ1n) is 11.1. The highest BCUT2D eigenvalue weighted by atomic mass is 16.1. The van der Waals surface area contributed by atoms with Gasteiger partial charge in [-0.3, -0.25) is 9.69 Å². The van der Waals surface area contributed by atoms with Crippen molar-refractivity contribution in [1.29, 1.82) is 0 Å². The summed E-state index contributed by atoms with van der Waals surface area (Å²) in [5.41, 5.74) is 4.34. The normalized spacial score (nSPS) is 17.7. The Hall–Kier alpha value is -2.73. The van der Waals surface area contributed by atoms with E-state index in [0.29, 0.717) is 12.5 Å². The summed E-state index contributed by atoms with van der Waals surface area (Å²) < 4.78 is 2.19. The zero-order valence-electron chi connectivity index (χ0n) is 17.4. The average molecular weight is 404 g/mol. The standard InChI is InChI=1S/C24H29N5O/c30-24-21-16-28(12-11-22(21)26-23(27-24)19-9-5-2-6-10-19)15-20-13-25-17-29(20)14-18-7-3-1-4-8-18/h1,3-4,7-8,13,17,19H,2,5-6,9-12,14-16H2,(H,26,27,30). The Morgan fingerprint density at radius 2 is 1.90 bits per heavy atom. The van der Waals surface area contributed by atoms with Gasteiger partial charge in [-0.2, -0.15) is 0 Å². The molecule has 0 atom stereocenters. The van der Waals surface area contributed by atoms with Gasteiger partial charge in [0.15, 0.2) is 0 Å². The van der Waals surface area contributed by atoms with Gasteiger partial charge in [-0.05, 0) is 18.4 Å². The van der Waals surface area contributed by atoms with Crippen LogP contribution in [0.2, 0.25) is 0 Å². The lowest BCUT2D eigenvalue weighted by Crippen LogP contribution is -2.36. The minimum Gasteiger partial charge on any atom is -0.329 e. The summed E-state index contributed by atoms with van der Waals surface area (Å²) in [5, 5.41) is 0. The fourth-order valence-electron chi connectivity index (χ4n) is 4.84. The number of nitrogens with zero attached hydrogens (tertiary/aromatic N) is 4. The second-order valence-corrected chi connectivity index (χ2v) is 8.67. The lowest BCUT2D eigenvalue weighted by atomic mass is 9.88. The lowest BCUT2D eigenvalue weighted by molar-refractivity contribution is 0.235. The van der Waals surface area contributed by atoms with Crippen LogP contribution < -0.4 is 5.56 Å². The van der Waals surface area contributed by atoms with Gasteiger partial charge >= 0.3 is 0 Å². The summed E-state index contributed by atoms with van der Waals surface area (Å²) in [6, 6.07) is 10.4. The Morgan fingerprint density at radius 1 is 1.07 bits per heavy atom. The molecule has 0 saturated heterocycles. The highest BCUT2D eigenvalue weighted by Gasteiger charge is 2.25. The maximum absolute atomic E-state index is 12.8. The van der Waals surface area contributed by atoms with Crippen LogP contribution in [0.4, 0.5) is 0 Å². The third-order valence-electron chi connectivity index (χ3n) is 6.54. The Bertz CT molecular complexity index is 1050. The summed E-state index contributed by atoms with van der Waals surface area (Å²) in [5.74, 6) is 1.36. The number of aromatic nitrogens is 4. The van der Waals surface area contributed by atoms with Crippen LogP contribution in [0, 0.1) is 0 Å². The lowest BCUT2D eigenvalue weighted by Gasteiger charge is -2.29. The van der Waals surface area contributed by atoms with E-state index < -0.39 is 0 Å². The van der Waals surface area contributed by atoms with Crippen molar-refractivity contribution < 1.29 is 0 Å². The average Bonchev–Trinajstić information content (AvgIpc) is 3.22. The molecule has 6 heteroatoms. The van der Waals surface area contributed by atoms with Crippen molar-refractivity contribution in [2.75, 3.05) is 6.54 Å². The SMILES string of the molecule is O=c1[nH]c(C2CCCCC2)nc2c1CN(Cc1cncn1Cc1ccccc1)CC2. The maximum Gasteiger partial charge on any atom is 0.255 e. The third-order valence-corrected chi connectivity index (χ3v) is 6.54. The zero-order chi connectivity index (χ0) is 20.3. The van der Waals surface area contributed by atoms with Gasteiger partial charge in [0.05, 0.1) is 23.3 Å². The van der Waals surface area contributed by atoms with Crippen LogP contribution in [0.25, 0.3) is 0 Å². The van der Waals surface area contributed by atoms with Crippen LogP contribution in [-0.4, -0.2) is 31.0 Å². The fourth-order valence-corrected chi connectivity index (χ4v) is 4.84. The predicted molar refractivity (Wildman–Crippen MR) is 116 cm³/mol. The fraction of sp³-hybridized carbons (Fsp3) is 0.458. The van der Waals surface area contributed by atoms with Gasteiger partial charge in [0.2, 0.25) is 0 Å². The van der Waals surface area contributed by atoms with Gasteiger partial charge in [0.25, 0.3) is 5.56 Å². The molecule has 1 saturated carbocycles. The van der Waals surface area contributed by atoms with Crippen molar-refractivity contribution in [3.05, 3.63) is 81.5 Å². The van der Waals surface area contributed by atoms with E-state index in [1.807, 2.05) is 18.6 Å². The highest BCUT2D eigenvalue weighted by Crippen LogP contribution is 2.30. The van der Waals surface area contributed by atoms with Gasteiger partial charge < -0.3 is 9.55 Å². The van der Waals surface area contributed by atoms with E-state index in [0.717, 1.165) is 56.0 Å². The van der Waals surface area contributed by atoms with Crippen molar-refractivity contribution in [2.45, 2.75) is 64.1 Å². The molecule has 1 fully saturated rings. The van der Waals surface area contributed by atoms with Crippen molar-refractivity contribution in [1.82, 2.24) is 24.4 Å². The smallest absolute Gasteiger partial charge is 0.255 e. The van der Waals surface area contributed by atoms with Gasteiger partial charge in [0.1, 0.15) is 5.82 Å². The molecule has 0 unspecified atom stereocenters. The van der Waals surface area contributed by atoms with E-state index >= 15 is 0 Å². The Labute approximate surface area is 177 Å². The summed E-state index contributed by atoms with van der Waals surface area (Å²) >= 11 is 0. The molecule has 3 heterocycles. The van der Waals surface area contributed by atoms with Gasteiger partial charge in [-0.1, -0.05) is 49.6 Å². The van der Waals surface area contributed by atoms with Crippen molar-refractivity contribution in [2.24, 2.45) is 0 Å². The molecule has 2 aliphatic rings. The highest BCUT2D eigenvalue weighted by molar-refractivity contribution is 5.22. The monoisotopic (exact) mass is 403 g/mol. The molecule has 2 aromatic heterocycles. The molecule has 3 aromatic rings. The van der Waals surface area contributed by atoms with Crippen molar-refractivity contribution >= 4 is 0 Å². The molecule has 1 aromatic carbocycles. The minimum absolute atomic E-state index is 0.0584. The summed E-state index contributed by atoms with van der Waals surface area (Å²) in [4.78, 5) is 27.6. The van der Waals surface area contributed by atoms with Crippen LogP contribution >= 0.6 is 0 Å². The number of H-pyrrole nitrogens is 1. The first-order valence-corrected chi connectivity index (χ1v) is 11.1. The van der Waals surface area contributed by atoms with Gasteiger partial charge in [-0.15, -0.1) is 0 Å². The molecule has 0 spiro atoms. The number of imidazole rings is 1. The third kappa shape index (κ3) is 4.10. The topological polar surface area (TPSA) is 66.8 Å². The molecule has 0 amide bonds. The molecule has 6 nitrogen and oxygen atoms in total. The van der Waals surface area contributed by atoms with Crippen LogP contribution in [0.1, 0.15) is 66.4 Å². The largest absolute Gasteiger partial charge is 0.329 e. The predicted octanol–water partition coefficient (Wildman–Crippen LogP) is 3.62. The minimum atomic E-state index is 0.0584.